The van der Waals surface area contributed by atoms with Crippen LogP contribution in [0.3, 0.4) is 0 Å². The van der Waals surface area contributed by atoms with E-state index in [4.69, 9.17) is 16.7 Å². The van der Waals surface area contributed by atoms with Gasteiger partial charge in [-0.3, -0.25) is 0 Å². The third kappa shape index (κ3) is 6.64. The lowest BCUT2D eigenvalue weighted by Gasteiger charge is -1.98. The van der Waals surface area contributed by atoms with Crippen LogP contribution >= 0.6 is 35.5 Å². The molecule has 0 saturated heterocycles. The third-order valence-corrected chi connectivity index (χ3v) is 2.02. The standard InChI is InChI=1S/C7H6BrClO.C3H9P/c8-4-5-3-6(9)1-2-7(5)10;1-4(2)3/h1-3,10H,4H2;1-3H3. The molecule has 4 heteroatoms. The number of phenols is 1. The summed E-state index contributed by atoms with van der Waals surface area (Å²) in [6.07, 6.45) is 0. The van der Waals surface area contributed by atoms with Crippen LogP contribution in [0.2, 0.25) is 5.02 Å². The van der Waals surface area contributed by atoms with Crippen LogP contribution in [0.5, 0.6) is 5.75 Å². The molecule has 0 heterocycles. The van der Waals surface area contributed by atoms with Crippen LogP contribution in [0.1, 0.15) is 5.56 Å². The summed E-state index contributed by atoms with van der Waals surface area (Å²) in [6, 6.07) is 4.97. The van der Waals surface area contributed by atoms with Gasteiger partial charge in [-0.25, -0.2) is 0 Å². The monoisotopic (exact) mass is 296 g/mol. The maximum Gasteiger partial charge on any atom is 0.119 e. The number of hydrogen-bond donors (Lipinski definition) is 1. The van der Waals surface area contributed by atoms with Gasteiger partial charge in [0.1, 0.15) is 5.75 Å². The summed E-state index contributed by atoms with van der Waals surface area (Å²) < 4.78 is 0. The molecule has 1 aromatic rings. The third-order valence-electron chi connectivity index (χ3n) is 1.19. The Morgan fingerprint density at radius 1 is 1.36 bits per heavy atom. The fourth-order valence-electron chi connectivity index (χ4n) is 0.661. The Hall–Kier alpha value is 0.220. The van der Waals surface area contributed by atoms with Gasteiger partial charge < -0.3 is 5.11 Å². The number of hydrogen-bond acceptors (Lipinski definition) is 1. The van der Waals surface area contributed by atoms with Gasteiger partial charge in [-0.15, -0.1) is 7.92 Å². The highest BCUT2D eigenvalue weighted by Crippen LogP contribution is 2.23. The number of alkyl halides is 1. The molecule has 1 rings (SSSR count). The van der Waals surface area contributed by atoms with Gasteiger partial charge in [-0.1, -0.05) is 27.5 Å². The normalized spacial score (nSPS) is 9.57. The van der Waals surface area contributed by atoms with Gasteiger partial charge >= 0.3 is 0 Å². The van der Waals surface area contributed by atoms with Crippen LogP contribution < -0.4 is 0 Å². The summed E-state index contributed by atoms with van der Waals surface area (Å²) in [6.45, 7) is 6.69. The van der Waals surface area contributed by atoms with Gasteiger partial charge in [0.25, 0.3) is 0 Å². The van der Waals surface area contributed by atoms with E-state index in [2.05, 4.69) is 35.9 Å². The SMILES string of the molecule is CP(C)C.Oc1ccc(Cl)cc1CBr. The van der Waals surface area contributed by atoms with Crippen LogP contribution in [0.4, 0.5) is 0 Å². The largest absolute Gasteiger partial charge is 0.508 e. The van der Waals surface area contributed by atoms with Crippen molar-refractivity contribution in [1.29, 1.82) is 0 Å². The second kappa shape index (κ2) is 7.50. The Morgan fingerprint density at radius 3 is 2.21 bits per heavy atom. The van der Waals surface area contributed by atoms with Gasteiger partial charge in [0, 0.05) is 15.9 Å². The zero-order valence-corrected chi connectivity index (χ0v) is 11.8. The van der Waals surface area contributed by atoms with Crippen LogP contribution in [0.15, 0.2) is 18.2 Å². The number of phenolic OH excluding ortho intramolecular Hbond substituents is 1. The number of benzene rings is 1. The number of halogens is 2. The topological polar surface area (TPSA) is 20.2 Å². The van der Waals surface area contributed by atoms with Crippen molar-refractivity contribution in [3.05, 3.63) is 28.8 Å². The predicted molar refractivity (Wildman–Crippen MR) is 70.4 cm³/mol. The highest BCUT2D eigenvalue weighted by atomic mass is 79.9. The predicted octanol–water partition coefficient (Wildman–Crippen LogP) is 4.30. The summed E-state index contributed by atoms with van der Waals surface area (Å²) in [4.78, 5) is 0. The van der Waals surface area contributed by atoms with Gasteiger partial charge in [0.2, 0.25) is 0 Å². The average molecular weight is 298 g/mol. The highest BCUT2D eigenvalue weighted by Gasteiger charge is 1.98. The van der Waals surface area contributed by atoms with Crippen molar-refractivity contribution in [1.82, 2.24) is 0 Å². The summed E-state index contributed by atoms with van der Waals surface area (Å²) in [5.74, 6) is 0.279. The quantitative estimate of drug-likeness (QED) is 0.605. The van der Waals surface area contributed by atoms with E-state index in [1.54, 1.807) is 18.2 Å². The van der Waals surface area contributed by atoms with Crippen molar-refractivity contribution in [2.75, 3.05) is 20.0 Å². The lowest BCUT2D eigenvalue weighted by atomic mass is 10.2. The van der Waals surface area contributed by atoms with Crippen LogP contribution in [0.25, 0.3) is 0 Å². The van der Waals surface area contributed by atoms with Crippen LogP contribution in [-0.2, 0) is 5.33 Å². The summed E-state index contributed by atoms with van der Waals surface area (Å²) >= 11 is 8.89. The summed E-state index contributed by atoms with van der Waals surface area (Å²) in [7, 11) is 0.380. The lowest BCUT2D eigenvalue weighted by Crippen LogP contribution is -1.77. The molecular weight excluding hydrogens is 282 g/mol. The molecule has 0 radical (unpaired) electrons. The molecule has 0 bridgehead atoms. The van der Waals surface area contributed by atoms with Gasteiger partial charge in [-0.05, 0) is 38.2 Å². The molecule has 0 amide bonds. The lowest BCUT2D eigenvalue weighted by molar-refractivity contribution is 0.471. The Balaban J connectivity index is 0.000000364. The Morgan fingerprint density at radius 2 is 1.86 bits per heavy atom. The van der Waals surface area contributed by atoms with E-state index in [0.29, 0.717) is 18.3 Å². The zero-order valence-electron chi connectivity index (χ0n) is 8.59. The van der Waals surface area contributed by atoms with E-state index in [-0.39, 0.29) is 5.75 Å². The van der Waals surface area contributed by atoms with E-state index in [0.717, 1.165) is 5.56 Å². The molecule has 0 aromatic heterocycles. The van der Waals surface area contributed by atoms with Crippen molar-refractivity contribution in [2.45, 2.75) is 5.33 Å². The van der Waals surface area contributed by atoms with Crippen molar-refractivity contribution in [3.8, 4) is 5.75 Å². The number of aromatic hydroxyl groups is 1. The molecule has 0 spiro atoms. The highest BCUT2D eigenvalue weighted by molar-refractivity contribution is 9.08. The molecule has 0 saturated carbocycles. The second-order valence-electron chi connectivity index (χ2n) is 3.25. The fraction of sp³-hybridized carbons (Fsp3) is 0.400. The first-order chi connectivity index (χ1) is 6.47. The molecule has 1 N–H and O–H groups in total. The molecule has 1 nitrogen and oxygen atoms in total. The molecule has 0 aliphatic carbocycles. The summed E-state index contributed by atoms with van der Waals surface area (Å²) in [5.41, 5.74) is 0.813. The van der Waals surface area contributed by atoms with Crippen molar-refractivity contribution in [3.63, 3.8) is 0 Å². The van der Waals surface area contributed by atoms with Gasteiger partial charge in [-0.2, -0.15) is 0 Å². The zero-order chi connectivity index (χ0) is 11.1. The Bertz CT molecular complexity index is 276. The van der Waals surface area contributed by atoms with Crippen molar-refractivity contribution >= 4 is 35.5 Å². The maximum absolute atomic E-state index is 9.15. The molecule has 1 aromatic carbocycles. The van der Waals surface area contributed by atoms with E-state index in [1.807, 2.05) is 0 Å². The van der Waals surface area contributed by atoms with E-state index >= 15 is 0 Å². The van der Waals surface area contributed by atoms with E-state index in [9.17, 15) is 0 Å². The Kier molecular flexibility index (Phi) is 7.62. The van der Waals surface area contributed by atoms with Gasteiger partial charge in [0.05, 0.1) is 0 Å². The van der Waals surface area contributed by atoms with E-state index < -0.39 is 0 Å². The molecule has 14 heavy (non-hydrogen) atoms. The molecule has 0 fully saturated rings. The maximum atomic E-state index is 9.15. The first-order valence-corrected chi connectivity index (χ1v) is 8.30. The molecule has 80 valence electrons. The first-order valence-electron chi connectivity index (χ1n) is 4.11. The van der Waals surface area contributed by atoms with Crippen LogP contribution in [-0.4, -0.2) is 25.1 Å². The van der Waals surface area contributed by atoms with Gasteiger partial charge in [0.15, 0.2) is 0 Å². The molecule has 0 atom stereocenters. The molecular formula is C10H15BrClOP. The second-order valence-corrected chi connectivity index (χ2v) is 6.93. The van der Waals surface area contributed by atoms with Crippen molar-refractivity contribution in [2.24, 2.45) is 0 Å². The van der Waals surface area contributed by atoms with Crippen LogP contribution in [0, 0.1) is 0 Å². The Labute approximate surface area is 100 Å². The minimum Gasteiger partial charge on any atom is -0.508 e. The fourth-order valence-corrected chi connectivity index (χ4v) is 1.30. The smallest absolute Gasteiger partial charge is 0.119 e. The first kappa shape index (κ1) is 14.2. The number of rotatable bonds is 1. The average Bonchev–Trinajstić information content (AvgIpc) is 2.08. The molecule has 0 aliphatic rings. The minimum atomic E-state index is 0.279. The minimum absolute atomic E-state index is 0.279. The molecule has 0 unspecified atom stereocenters. The van der Waals surface area contributed by atoms with Crippen molar-refractivity contribution < 1.29 is 5.11 Å². The summed E-state index contributed by atoms with van der Waals surface area (Å²) in [5, 5.41) is 10.4. The van der Waals surface area contributed by atoms with E-state index in [1.165, 1.54) is 0 Å². The molecule has 0 aliphatic heterocycles.